The van der Waals surface area contributed by atoms with E-state index in [-0.39, 0.29) is 5.84 Å². The van der Waals surface area contributed by atoms with Crippen LogP contribution in [0.4, 0.5) is 5.69 Å². The monoisotopic (exact) mass is 367 g/mol. The Morgan fingerprint density at radius 3 is 2.52 bits per heavy atom. The van der Waals surface area contributed by atoms with Crippen molar-refractivity contribution in [2.45, 2.75) is 6.54 Å². The van der Waals surface area contributed by atoms with Gasteiger partial charge in [-0.05, 0) is 35.9 Å². The van der Waals surface area contributed by atoms with E-state index in [9.17, 15) is 0 Å². The minimum atomic E-state index is 0.00196. The van der Waals surface area contributed by atoms with Gasteiger partial charge in [-0.2, -0.15) is 0 Å². The highest BCUT2D eigenvalue weighted by Gasteiger charge is 2.09. The maximum absolute atomic E-state index is 8.70. The molecular formula is C15H15BrClN3O. The van der Waals surface area contributed by atoms with Gasteiger partial charge in [-0.3, -0.25) is 0 Å². The van der Waals surface area contributed by atoms with Crippen LogP contribution in [0.5, 0.6) is 0 Å². The lowest BCUT2D eigenvalue weighted by Gasteiger charge is -2.20. The fourth-order valence-electron chi connectivity index (χ4n) is 1.96. The van der Waals surface area contributed by atoms with E-state index in [1.54, 1.807) is 12.1 Å². The van der Waals surface area contributed by atoms with Crippen LogP contribution >= 0.6 is 27.5 Å². The van der Waals surface area contributed by atoms with Gasteiger partial charge in [0, 0.05) is 29.3 Å². The molecule has 3 N–H and O–H groups in total. The molecule has 110 valence electrons. The number of amidine groups is 1. The zero-order chi connectivity index (χ0) is 15.4. The standard InChI is InChI=1S/C15H15BrClN3O/c1-20(9-10-2-4-11(16)5-3-10)12-6-7-13(14(17)8-12)15(18)19-21/h2-8,21H,9H2,1H3,(H2,18,19). The van der Waals surface area contributed by atoms with Crippen molar-refractivity contribution < 1.29 is 5.21 Å². The Hall–Kier alpha value is -1.72. The second-order valence-electron chi connectivity index (χ2n) is 4.63. The number of benzene rings is 2. The number of hydrogen-bond acceptors (Lipinski definition) is 3. The third-order valence-electron chi connectivity index (χ3n) is 3.11. The molecule has 0 fully saturated rings. The van der Waals surface area contributed by atoms with Crippen LogP contribution in [-0.2, 0) is 6.54 Å². The highest BCUT2D eigenvalue weighted by molar-refractivity contribution is 9.10. The first-order valence-electron chi connectivity index (χ1n) is 6.24. The highest BCUT2D eigenvalue weighted by atomic mass is 79.9. The van der Waals surface area contributed by atoms with Crippen LogP contribution in [-0.4, -0.2) is 18.1 Å². The molecule has 0 aliphatic carbocycles. The molecule has 0 heterocycles. The summed E-state index contributed by atoms with van der Waals surface area (Å²) in [6, 6.07) is 13.6. The Kier molecular flexibility index (Phi) is 5.09. The van der Waals surface area contributed by atoms with Gasteiger partial charge in [-0.25, -0.2) is 0 Å². The fraction of sp³-hybridized carbons (Fsp3) is 0.133. The van der Waals surface area contributed by atoms with Gasteiger partial charge in [0.1, 0.15) is 0 Å². The predicted octanol–water partition coefficient (Wildman–Crippen LogP) is 3.83. The molecule has 21 heavy (non-hydrogen) atoms. The SMILES string of the molecule is CN(Cc1ccc(Br)cc1)c1ccc(C(N)=NO)c(Cl)c1. The van der Waals surface area contributed by atoms with E-state index in [1.807, 2.05) is 25.2 Å². The number of oxime groups is 1. The second-order valence-corrected chi connectivity index (χ2v) is 5.95. The van der Waals surface area contributed by atoms with E-state index >= 15 is 0 Å². The molecule has 0 bridgehead atoms. The Balaban J connectivity index is 2.18. The van der Waals surface area contributed by atoms with Crippen molar-refractivity contribution >= 4 is 39.1 Å². The van der Waals surface area contributed by atoms with Gasteiger partial charge in [0.15, 0.2) is 5.84 Å². The maximum Gasteiger partial charge on any atom is 0.171 e. The fourth-order valence-corrected chi connectivity index (χ4v) is 2.49. The first-order valence-corrected chi connectivity index (χ1v) is 7.41. The molecule has 0 saturated heterocycles. The topological polar surface area (TPSA) is 61.8 Å². The van der Waals surface area contributed by atoms with Gasteiger partial charge in [0.05, 0.1) is 5.02 Å². The number of rotatable bonds is 4. The Bertz CT molecular complexity index is 658. The summed E-state index contributed by atoms with van der Waals surface area (Å²) >= 11 is 9.59. The second kappa shape index (κ2) is 6.83. The summed E-state index contributed by atoms with van der Waals surface area (Å²) < 4.78 is 1.06. The van der Waals surface area contributed by atoms with Crippen molar-refractivity contribution in [1.82, 2.24) is 0 Å². The third kappa shape index (κ3) is 3.89. The van der Waals surface area contributed by atoms with E-state index in [0.29, 0.717) is 10.6 Å². The average Bonchev–Trinajstić information content (AvgIpc) is 2.48. The summed E-state index contributed by atoms with van der Waals surface area (Å²) in [6.07, 6.45) is 0. The molecule has 0 atom stereocenters. The zero-order valence-electron chi connectivity index (χ0n) is 11.4. The molecule has 0 radical (unpaired) electrons. The van der Waals surface area contributed by atoms with Crippen LogP contribution in [0.3, 0.4) is 0 Å². The quantitative estimate of drug-likeness (QED) is 0.373. The normalized spacial score (nSPS) is 11.5. The lowest BCUT2D eigenvalue weighted by atomic mass is 10.1. The van der Waals surface area contributed by atoms with Crippen LogP contribution in [0.2, 0.25) is 5.02 Å². The minimum absolute atomic E-state index is 0.00196. The predicted molar refractivity (Wildman–Crippen MR) is 90.2 cm³/mol. The van der Waals surface area contributed by atoms with Crippen LogP contribution in [0.25, 0.3) is 0 Å². The van der Waals surface area contributed by atoms with E-state index < -0.39 is 0 Å². The number of nitrogens with zero attached hydrogens (tertiary/aromatic N) is 2. The van der Waals surface area contributed by atoms with Crippen LogP contribution in [0, 0.1) is 0 Å². The molecule has 0 spiro atoms. The van der Waals surface area contributed by atoms with E-state index in [1.165, 1.54) is 5.56 Å². The molecule has 0 amide bonds. The molecule has 0 aromatic heterocycles. The summed E-state index contributed by atoms with van der Waals surface area (Å²) in [7, 11) is 1.98. The van der Waals surface area contributed by atoms with Crippen molar-refractivity contribution in [3.63, 3.8) is 0 Å². The summed E-state index contributed by atoms with van der Waals surface area (Å²) in [4.78, 5) is 2.07. The number of nitrogens with two attached hydrogens (primary N) is 1. The Morgan fingerprint density at radius 2 is 1.95 bits per heavy atom. The highest BCUT2D eigenvalue weighted by Crippen LogP contribution is 2.24. The number of halogens is 2. The third-order valence-corrected chi connectivity index (χ3v) is 3.95. The molecule has 0 unspecified atom stereocenters. The molecule has 6 heteroatoms. The van der Waals surface area contributed by atoms with Crippen LogP contribution in [0.1, 0.15) is 11.1 Å². The van der Waals surface area contributed by atoms with Crippen molar-refractivity contribution in [3.05, 3.63) is 63.1 Å². The number of anilines is 1. The van der Waals surface area contributed by atoms with Crippen molar-refractivity contribution in [2.24, 2.45) is 10.9 Å². The first-order chi connectivity index (χ1) is 10.0. The zero-order valence-corrected chi connectivity index (χ0v) is 13.8. The summed E-state index contributed by atoms with van der Waals surface area (Å²) in [5.41, 5.74) is 8.22. The molecule has 2 aromatic rings. The van der Waals surface area contributed by atoms with Gasteiger partial charge in [0.2, 0.25) is 0 Å². The molecule has 0 aliphatic heterocycles. The summed E-state index contributed by atoms with van der Waals surface area (Å²) in [5.74, 6) is 0.00196. The Morgan fingerprint density at radius 1 is 1.29 bits per heavy atom. The van der Waals surface area contributed by atoms with E-state index in [2.05, 4.69) is 38.1 Å². The molecule has 0 aliphatic rings. The van der Waals surface area contributed by atoms with E-state index in [4.69, 9.17) is 22.5 Å². The van der Waals surface area contributed by atoms with Crippen molar-refractivity contribution in [1.29, 1.82) is 0 Å². The average molecular weight is 369 g/mol. The molecule has 4 nitrogen and oxygen atoms in total. The Labute approximate surface area is 136 Å². The van der Waals surface area contributed by atoms with Crippen molar-refractivity contribution in [2.75, 3.05) is 11.9 Å². The molecule has 0 saturated carbocycles. The lowest BCUT2D eigenvalue weighted by molar-refractivity contribution is 0.318. The minimum Gasteiger partial charge on any atom is -0.409 e. The molecule has 2 rings (SSSR count). The van der Waals surface area contributed by atoms with Crippen molar-refractivity contribution in [3.8, 4) is 0 Å². The van der Waals surface area contributed by atoms with Crippen LogP contribution < -0.4 is 10.6 Å². The maximum atomic E-state index is 8.70. The van der Waals surface area contributed by atoms with Gasteiger partial charge in [0.25, 0.3) is 0 Å². The first kappa shape index (κ1) is 15.7. The van der Waals surface area contributed by atoms with Gasteiger partial charge < -0.3 is 15.8 Å². The number of hydrogen-bond donors (Lipinski definition) is 2. The van der Waals surface area contributed by atoms with Crippen LogP contribution in [0.15, 0.2) is 52.1 Å². The molecule has 2 aromatic carbocycles. The van der Waals surface area contributed by atoms with E-state index in [0.717, 1.165) is 16.7 Å². The van der Waals surface area contributed by atoms with Gasteiger partial charge >= 0.3 is 0 Å². The smallest absolute Gasteiger partial charge is 0.171 e. The summed E-state index contributed by atoms with van der Waals surface area (Å²) in [6.45, 7) is 0.756. The largest absolute Gasteiger partial charge is 0.409 e. The lowest BCUT2D eigenvalue weighted by Crippen LogP contribution is -2.18. The summed E-state index contributed by atoms with van der Waals surface area (Å²) in [5, 5.41) is 12.1. The van der Waals surface area contributed by atoms with Gasteiger partial charge in [-0.15, -0.1) is 0 Å². The molecular weight excluding hydrogens is 354 g/mol. The van der Waals surface area contributed by atoms with Gasteiger partial charge in [-0.1, -0.05) is 44.8 Å².